The number of nitrogens with one attached hydrogen (secondary N) is 1. The van der Waals surface area contributed by atoms with E-state index in [-0.39, 0.29) is 17.4 Å². The summed E-state index contributed by atoms with van der Waals surface area (Å²) < 4.78 is 23.7. The third-order valence-corrected chi connectivity index (χ3v) is 7.35. The van der Waals surface area contributed by atoms with Crippen LogP contribution in [0.3, 0.4) is 0 Å². The average Bonchev–Trinajstić information content (AvgIpc) is 2.83. The highest BCUT2D eigenvalue weighted by molar-refractivity contribution is 7.99. The Labute approximate surface area is 132 Å². The molecule has 1 atom stereocenters. The molecule has 1 aromatic rings. The third-order valence-electron chi connectivity index (χ3n) is 3.05. The second kappa shape index (κ2) is 6.25. The van der Waals surface area contributed by atoms with Crippen molar-refractivity contribution < 1.29 is 13.2 Å². The number of thiophene rings is 1. The number of sulfone groups is 1. The Balaban J connectivity index is 1.76. The van der Waals surface area contributed by atoms with Crippen molar-refractivity contribution in [1.29, 1.82) is 0 Å². The normalized spacial score (nSPS) is 24.7. The first-order chi connectivity index (χ1) is 9.28. The molecule has 1 aromatic heterocycles. The smallest absolute Gasteiger partial charge is 0.230 e. The van der Waals surface area contributed by atoms with Gasteiger partial charge in [0, 0.05) is 10.6 Å². The maximum Gasteiger partial charge on any atom is 0.230 e. The van der Waals surface area contributed by atoms with E-state index in [4.69, 9.17) is 11.6 Å². The second-order valence-corrected chi connectivity index (χ2v) is 10.1. The molecule has 2 heterocycles. The van der Waals surface area contributed by atoms with E-state index in [1.165, 1.54) is 23.1 Å². The third kappa shape index (κ3) is 4.65. The van der Waals surface area contributed by atoms with Crippen LogP contribution in [0, 0.1) is 0 Å². The zero-order valence-electron chi connectivity index (χ0n) is 11.0. The predicted molar refractivity (Wildman–Crippen MR) is 85.3 cm³/mol. The minimum atomic E-state index is -2.99. The first-order valence-corrected chi connectivity index (χ1v) is 10.3. The molecule has 0 bridgehead atoms. The summed E-state index contributed by atoms with van der Waals surface area (Å²) in [4.78, 5) is 13.0. The van der Waals surface area contributed by atoms with Gasteiger partial charge >= 0.3 is 0 Å². The Morgan fingerprint density at radius 2 is 2.30 bits per heavy atom. The maximum absolute atomic E-state index is 11.9. The maximum atomic E-state index is 11.9. The van der Waals surface area contributed by atoms with Crippen LogP contribution >= 0.6 is 34.7 Å². The van der Waals surface area contributed by atoms with Crippen molar-refractivity contribution in [2.24, 2.45) is 0 Å². The van der Waals surface area contributed by atoms with Crippen molar-refractivity contribution in [3.8, 4) is 0 Å². The lowest BCUT2D eigenvalue weighted by Crippen LogP contribution is -2.47. The highest BCUT2D eigenvalue weighted by Crippen LogP contribution is 2.26. The van der Waals surface area contributed by atoms with Crippen LogP contribution < -0.4 is 5.32 Å². The van der Waals surface area contributed by atoms with Crippen molar-refractivity contribution in [3.63, 3.8) is 0 Å². The van der Waals surface area contributed by atoms with Crippen molar-refractivity contribution in [2.45, 2.75) is 24.6 Å². The van der Waals surface area contributed by atoms with Crippen LogP contribution in [-0.2, 0) is 20.4 Å². The lowest BCUT2D eigenvalue weighted by Gasteiger charge is -2.23. The molecule has 0 radical (unpaired) electrons. The van der Waals surface area contributed by atoms with Crippen molar-refractivity contribution in [2.75, 3.05) is 17.3 Å². The van der Waals surface area contributed by atoms with Crippen LogP contribution in [-0.4, -0.2) is 37.1 Å². The molecule has 0 spiro atoms. The Bertz CT molecular complexity index is 599. The molecule has 0 unspecified atom stereocenters. The van der Waals surface area contributed by atoms with E-state index >= 15 is 0 Å². The van der Waals surface area contributed by atoms with Gasteiger partial charge in [0.15, 0.2) is 9.84 Å². The van der Waals surface area contributed by atoms with Gasteiger partial charge in [-0.15, -0.1) is 23.1 Å². The minimum Gasteiger partial charge on any atom is -0.349 e. The molecule has 1 fully saturated rings. The summed E-state index contributed by atoms with van der Waals surface area (Å²) in [7, 11) is -2.99. The molecule has 1 aliphatic heterocycles. The van der Waals surface area contributed by atoms with Crippen LogP contribution in [0.25, 0.3) is 0 Å². The van der Waals surface area contributed by atoms with Crippen LogP contribution in [0.2, 0.25) is 4.34 Å². The van der Waals surface area contributed by atoms with Crippen LogP contribution in [0.4, 0.5) is 0 Å². The number of rotatable bonds is 5. The summed E-state index contributed by atoms with van der Waals surface area (Å²) in [6.07, 6.45) is 0.492. The molecule has 0 saturated carbocycles. The van der Waals surface area contributed by atoms with E-state index < -0.39 is 15.4 Å². The molecule has 20 heavy (non-hydrogen) atoms. The fraction of sp³-hybridized carbons (Fsp3) is 0.583. The molecular weight excluding hydrogens is 338 g/mol. The van der Waals surface area contributed by atoms with Gasteiger partial charge < -0.3 is 5.32 Å². The first-order valence-electron chi connectivity index (χ1n) is 6.11. The Hall–Kier alpha value is -0.240. The number of carbonyl (C=O) groups excluding carboxylic acids is 1. The number of halogens is 1. The summed E-state index contributed by atoms with van der Waals surface area (Å²) >= 11 is 8.84. The molecule has 8 heteroatoms. The molecular formula is C12H16ClNO3S3. The van der Waals surface area contributed by atoms with Gasteiger partial charge in [-0.2, -0.15) is 0 Å². The largest absolute Gasteiger partial charge is 0.349 e. The minimum absolute atomic E-state index is 0.0386. The van der Waals surface area contributed by atoms with Crippen LogP contribution in [0.5, 0.6) is 0 Å². The fourth-order valence-electron chi connectivity index (χ4n) is 2.16. The van der Waals surface area contributed by atoms with E-state index in [0.717, 1.165) is 15.0 Å². The van der Waals surface area contributed by atoms with Gasteiger partial charge in [0.1, 0.15) is 0 Å². The predicted octanol–water partition coefficient (Wildman–Crippen LogP) is 2.33. The number of amides is 1. The summed E-state index contributed by atoms with van der Waals surface area (Å²) in [5.74, 6) is 1.14. The molecule has 0 aromatic carbocycles. The summed E-state index contributed by atoms with van der Waals surface area (Å²) in [6.45, 7) is 1.79. The topological polar surface area (TPSA) is 63.2 Å². The average molecular weight is 354 g/mol. The van der Waals surface area contributed by atoms with Gasteiger partial charge in [-0.1, -0.05) is 11.6 Å². The number of hydrogen-bond donors (Lipinski definition) is 1. The highest BCUT2D eigenvalue weighted by atomic mass is 35.5. The van der Waals surface area contributed by atoms with Gasteiger partial charge in [-0.25, -0.2) is 8.42 Å². The van der Waals surface area contributed by atoms with Gasteiger partial charge in [0.05, 0.1) is 27.1 Å². The molecule has 112 valence electrons. The van der Waals surface area contributed by atoms with Gasteiger partial charge in [-0.05, 0) is 25.5 Å². The van der Waals surface area contributed by atoms with E-state index in [1.54, 1.807) is 6.92 Å². The van der Waals surface area contributed by atoms with E-state index in [1.807, 2.05) is 12.1 Å². The van der Waals surface area contributed by atoms with Crippen molar-refractivity contribution >= 4 is 50.4 Å². The molecule has 4 nitrogen and oxygen atoms in total. The Morgan fingerprint density at radius 1 is 1.55 bits per heavy atom. The molecule has 1 N–H and O–H groups in total. The summed E-state index contributed by atoms with van der Waals surface area (Å²) in [6, 6.07) is 3.79. The van der Waals surface area contributed by atoms with Gasteiger partial charge in [-0.3, -0.25) is 4.79 Å². The highest BCUT2D eigenvalue weighted by Gasteiger charge is 2.39. The lowest BCUT2D eigenvalue weighted by atomic mass is 10.0. The number of carbonyl (C=O) groups is 1. The monoisotopic (exact) mass is 353 g/mol. The number of thioether (sulfide) groups is 1. The number of hydrogen-bond acceptors (Lipinski definition) is 5. The van der Waals surface area contributed by atoms with Crippen molar-refractivity contribution in [3.05, 3.63) is 21.3 Å². The Morgan fingerprint density at radius 3 is 2.85 bits per heavy atom. The molecule has 1 aliphatic rings. The SMILES string of the molecule is C[C@@]1(NC(=O)CSCc2ccc(Cl)s2)CCS(=O)(=O)C1. The standard InChI is InChI=1S/C12H16ClNO3S3/c1-12(4-5-20(16,17)8-12)14-11(15)7-18-6-9-2-3-10(13)19-9/h2-3H,4-8H2,1H3,(H,14,15)/t12-/m1/s1. The quantitative estimate of drug-likeness (QED) is 0.882. The van der Waals surface area contributed by atoms with Crippen molar-refractivity contribution in [1.82, 2.24) is 5.32 Å². The van der Waals surface area contributed by atoms with Crippen LogP contribution in [0.1, 0.15) is 18.2 Å². The lowest BCUT2D eigenvalue weighted by molar-refractivity contribution is -0.120. The zero-order chi connectivity index (χ0) is 14.8. The second-order valence-electron chi connectivity index (χ2n) is 5.15. The molecule has 2 rings (SSSR count). The molecule has 0 aliphatic carbocycles. The van der Waals surface area contributed by atoms with E-state index in [9.17, 15) is 13.2 Å². The Kier molecular flexibility index (Phi) is 5.05. The molecule has 1 amide bonds. The van der Waals surface area contributed by atoms with Crippen LogP contribution in [0.15, 0.2) is 12.1 Å². The van der Waals surface area contributed by atoms with E-state index in [2.05, 4.69) is 5.32 Å². The fourth-order valence-corrected chi connectivity index (χ4v) is 6.27. The van der Waals surface area contributed by atoms with Gasteiger partial charge in [0.25, 0.3) is 0 Å². The first kappa shape index (κ1) is 16.1. The molecule has 1 saturated heterocycles. The summed E-state index contributed by atoms with van der Waals surface area (Å²) in [5.41, 5.74) is -0.608. The van der Waals surface area contributed by atoms with E-state index in [0.29, 0.717) is 12.2 Å². The summed E-state index contributed by atoms with van der Waals surface area (Å²) in [5, 5.41) is 2.84. The van der Waals surface area contributed by atoms with Gasteiger partial charge in [0.2, 0.25) is 5.91 Å². The zero-order valence-corrected chi connectivity index (χ0v) is 14.2.